The van der Waals surface area contributed by atoms with Gasteiger partial charge in [0.05, 0.1) is 13.7 Å². The first-order valence-corrected chi connectivity index (χ1v) is 10.2. The Labute approximate surface area is 180 Å². The molecule has 0 aliphatic carbocycles. The van der Waals surface area contributed by atoms with Crippen LogP contribution in [0.25, 0.3) is 0 Å². The third kappa shape index (κ3) is 8.59. The van der Waals surface area contributed by atoms with E-state index in [1.807, 2.05) is 44.9 Å². The van der Waals surface area contributed by atoms with Gasteiger partial charge in [0.15, 0.2) is 11.5 Å². The molecule has 1 aromatic rings. The lowest BCUT2D eigenvalue weighted by atomic mass is 10.00. The SMILES string of the molecule is COc1cc(C(C)C)cc(C)c1OC(=O)N(C)CCN(C)COC(=O)CNC(C)C. The van der Waals surface area contributed by atoms with Crippen LogP contribution in [0.1, 0.15) is 44.7 Å². The summed E-state index contributed by atoms with van der Waals surface area (Å²) in [6.45, 7) is 11.3. The van der Waals surface area contributed by atoms with Crippen molar-refractivity contribution in [3.63, 3.8) is 0 Å². The van der Waals surface area contributed by atoms with Crippen molar-refractivity contribution >= 4 is 12.1 Å². The van der Waals surface area contributed by atoms with Crippen LogP contribution in [0.4, 0.5) is 4.79 Å². The van der Waals surface area contributed by atoms with E-state index in [9.17, 15) is 9.59 Å². The fraction of sp³-hybridized carbons (Fsp3) is 0.636. The predicted octanol–water partition coefficient (Wildman–Crippen LogP) is 2.99. The molecule has 0 heterocycles. The number of benzene rings is 1. The van der Waals surface area contributed by atoms with Crippen molar-refractivity contribution in [3.05, 3.63) is 23.3 Å². The molecular formula is C22H37N3O5. The fourth-order valence-electron chi connectivity index (χ4n) is 2.55. The van der Waals surface area contributed by atoms with Crippen molar-refractivity contribution in [1.29, 1.82) is 0 Å². The molecule has 0 aliphatic heterocycles. The minimum absolute atomic E-state index is 0.158. The number of nitrogens with zero attached hydrogens (tertiary/aromatic N) is 2. The number of amides is 1. The summed E-state index contributed by atoms with van der Waals surface area (Å²) in [5.74, 6) is 1.00. The molecule has 0 fully saturated rings. The molecule has 0 aliphatic rings. The maximum absolute atomic E-state index is 12.5. The van der Waals surface area contributed by atoms with E-state index in [4.69, 9.17) is 14.2 Å². The van der Waals surface area contributed by atoms with Crippen LogP contribution in [0, 0.1) is 6.92 Å². The topological polar surface area (TPSA) is 80.3 Å². The molecule has 0 atom stereocenters. The van der Waals surface area contributed by atoms with E-state index in [2.05, 4.69) is 19.2 Å². The number of hydrogen-bond donors (Lipinski definition) is 1. The van der Waals surface area contributed by atoms with Crippen LogP contribution in [0.2, 0.25) is 0 Å². The summed E-state index contributed by atoms with van der Waals surface area (Å²) in [7, 11) is 5.05. The van der Waals surface area contributed by atoms with E-state index < -0.39 is 6.09 Å². The van der Waals surface area contributed by atoms with Crippen molar-refractivity contribution < 1.29 is 23.8 Å². The molecule has 0 saturated heterocycles. The maximum Gasteiger partial charge on any atom is 0.415 e. The van der Waals surface area contributed by atoms with Gasteiger partial charge in [0.25, 0.3) is 0 Å². The number of methoxy groups -OCH3 is 1. The highest BCUT2D eigenvalue weighted by Gasteiger charge is 2.18. The lowest BCUT2D eigenvalue weighted by Crippen LogP contribution is -2.38. The minimum Gasteiger partial charge on any atom is -0.493 e. The monoisotopic (exact) mass is 423 g/mol. The fourth-order valence-corrected chi connectivity index (χ4v) is 2.55. The molecule has 0 bridgehead atoms. The molecule has 30 heavy (non-hydrogen) atoms. The molecule has 0 radical (unpaired) electrons. The van der Waals surface area contributed by atoms with Crippen molar-refractivity contribution in [2.24, 2.45) is 0 Å². The first-order valence-electron chi connectivity index (χ1n) is 10.2. The predicted molar refractivity (Wildman–Crippen MR) is 117 cm³/mol. The van der Waals surface area contributed by atoms with Gasteiger partial charge in [0.2, 0.25) is 0 Å². The van der Waals surface area contributed by atoms with E-state index in [0.717, 1.165) is 11.1 Å². The van der Waals surface area contributed by atoms with Crippen LogP contribution >= 0.6 is 0 Å². The van der Waals surface area contributed by atoms with Crippen LogP contribution in [0.15, 0.2) is 12.1 Å². The zero-order valence-electron chi connectivity index (χ0n) is 19.6. The van der Waals surface area contributed by atoms with Gasteiger partial charge in [-0.2, -0.15) is 0 Å². The molecule has 1 aromatic carbocycles. The molecule has 1 N–H and O–H groups in total. The molecule has 0 spiro atoms. The number of rotatable bonds is 11. The standard InChI is InChI=1S/C22H37N3O5/c1-15(2)18-11-17(5)21(19(12-18)28-8)30-22(27)25(7)10-9-24(6)14-29-20(26)13-23-16(3)4/h11-12,15-16,23H,9-10,13-14H2,1-8H3. The average Bonchev–Trinajstić information content (AvgIpc) is 2.69. The Morgan fingerprint density at radius 3 is 2.33 bits per heavy atom. The van der Waals surface area contributed by atoms with Crippen LogP contribution in [-0.2, 0) is 9.53 Å². The third-order valence-corrected chi connectivity index (χ3v) is 4.57. The largest absolute Gasteiger partial charge is 0.493 e. The van der Waals surface area contributed by atoms with Crippen LogP contribution in [0.3, 0.4) is 0 Å². The van der Waals surface area contributed by atoms with Gasteiger partial charge in [-0.05, 0) is 37.1 Å². The van der Waals surface area contributed by atoms with E-state index in [1.165, 1.54) is 4.90 Å². The lowest BCUT2D eigenvalue weighted by molar-refractivity contribution is -0.147. The van der Waals surface area contributed by atoms with Crippen LogP contribution in [0.5, 0.6) is 11.5 Å². The summed E-state index contributed by atoms with van der Waals surface area (Å²) in [5.41, 5.74) is 1.97. The molecule has 8 nitrogen and oxygen atoms in total. The Bertz CT molecular complexity index is 706. The first-order chi connectivity index (χ1) is 14.0. The van der Waals surface area contributed by atoms with E-state index in [0.29, 0.717) is 30.5 Å². The molecule has 0 aromatic heterocycles. The second-order valence-electron chi connectivity index (χ2n) is 8.07. The number of esters is 1. The lowest BCUT2D eigenvalue weighted by Gasteiger charge is -2.23. The number of likely N-dealkylation sites (N-methyl/N-ethyl adjacent to an activating group) is 2. The Morgan fingerprint density at radius 1 is 1.10 bits per heavy atom. The highest BCUT2D eigenvalue weighted by Crippen LogP contribution is 2.35. The highest BCUT2D eigenvalue weighted by atomic mass is 16.6. The normalized spacial score (nSPS) is 11.2. The minimum atomic E-state index is -0.472. The summed E-state index contributed by atoms with van der Waals surface area (Å²) in [5, 5.41) is 3.01. The van der Waals surface area contributed by atoms with Crippen LogP contribution < -0.4 is 14.8 Å². The summed E-state index contributed by atoms with van der Waals surface area (Å²) in [6.07, 6.45) is -0.472. The average molecular weight is 424 g/mol. The van der Waals surface area contributed by atoms with E-state index >= 15 is 0 Å². The van der Waals surface area contributed by atoms with Gasteiger partial charge in [-0.3, -0.25) is 9.69 Å². The zero-order valence-corrected chi connectivity index (χ0v) is 19.6. The third-order valence-electron chi connectivity index (χ3n) is 4.57. The summed E-state index contributed by atoms with van der Waals surface area (Å²) in [6, 6.07) is 4.13. The Kier molecular flexibility index (Phi) is 10.6. The molecule has 8 heteroatoms. The number of hydrogen-bond acceptors (Lipinski definition) is 7. The number of carbonyl (C=O) groups excluding carboxylic acids is 2. The van der Waals surface area contributed by atoms with Gasteiger partial charge in [0, 0.05) is 26.2 Å². The van der Waals surface area contributed by atoms with Gasteiger partial charge in [-0.25, -0.2) is 4.79 Å². The van der Waals surface area contributed by atoms with E-state index in [-0.39, 0.29) is 25.3 Å². The van der Waals surface area contributed by atoms with Crippen molar-refractivity contribution in [3.8, 4) is 11.5 Å². The smallest absolute Gasteiger partial charge is 0.415 e. The quantitative estimate of drug-likeness (QED) is 0.433. The Balaban J connectivity index is 2.54. The van der Waals surface area contributed by atoms with E-state index in [1.54, 1.807) is 14.2 Å². The Hall–Kier alpha value is -2.32. The number of nitrogens with one attached hydrogen (secondary N) is 1. The molecule has 1 amide bonds. The maximum atomic E-state index is 12.5. The van der Waals surface area contributed by atoms with Crippen molar-refractivity contribution in [1.82, 2.24) is 15.1 Å². The molecule has 170 valence electrons. The van der Waals surface area contributed by atoms with Gasteiger partial charge < -0.3 is 24.4 Å². The molecule has 0 unspecified atom stereocenters. The highest BCUT2D eigenvalue weighted by molar-refractivity contribution is 5.72. The zero-order chi connectivity index (χ0) is 22.8. The van der Waals surface area contributed by atoms with Crippen molar-refractivity contribution in [2.75, 3.05) is 47.6 Å². The molecule has 0 saturated carbocycles. The van der Waals surface area contributed by atoms with Crippen molar-refractivity contribution in [2.45, 2.75) is 46.6 Å². The second kappa shape index (κ2) is 12.4. The summed E-state index contributed by atoms with van der Waals surface area (Å²) in [4.78, 5) is 27.5. The molecular weight excluding hydrogens is 386 g/mol. The van der Waals surface area contributed by atoms with Gasteiger partial charge in [-0.15, -0.1) is 0 Å². The number of ether oxygens (including phenoxy) is 3. The van der Waals surface area contributed by atoms with Crippen LogP contribution in [-0.4, -0.2) is 75.5 Å². The van der Waals surface area contributed by atoms with Gasteiger partial charge >= 0.3 is 12.1 Å². The summed E-state index contributed by atoms with van der Waals surface area (Å²) < 4.78 is 16.2. The molecule has 1 rings (SSSR count). The number of carbonyl (C=O) groups is 2. The number of aryl methyl sites for hydroxylation is 1. The second-order valence-corrected chi connectivity index (χ2v) is 8.07. The Morgan fingerprint density at radius 2 is 1.77 bits per heavy atom. The van der Waals surface area contributed by atoms with Gasteiger partial charge in [-0.1, -0.05) is 33.8 Å². The first kappa shape index (κ1) is 25.7. The summed E-state index contributed by atoms with van der Waals surface area (Å²) >= 11 is 0. The van der Waals surface area contributed by atoms with Gasteiger partial charge in [0.1, 0.15) is 6.73 Å².